The van der Waals surface area contributed by atoms with Crippen molar-refractivity contribution in [1.29, 1.82) is 0 Å². The lowest BCUT2D eigenvalue weighted by molar-refractivity contribution is 0.0307. The predicted molar refractivity (Wildman–Crippen MR) is 40.4 cm³/mol. The molecule has 0 radical (unpaired) electrons. The molecule has 4 unspecified atom stereocenters. The van der Waals surface area contributed by atoms with Crippen LogP contribution in [0.25, 0.3) is 0 Å². The summed E-state index contributed by atoms with van der Waals surface area (Å²) >= 11 is 0. The summed E-state index contributed by atoms with van der Waals surface area (Å²) in [6, 6.07) is 0. The molecule has 1 heterocycles. The van der Waals surface area contributed by atoms with Gasteiger partial charge in [0.2, 0.25) is 0 Å². The average molecular weight is 164 g/mol. The zero-order chi connectivity index (χ0) is 7.56. The summed E-state index contributed by atoms with van der Waals surface area (Å²) in [7, 11) is -0.118. The first-order valence-electron chi connectivity index (χ1n) is 3.44. The van der Waals surface area contributed by atoms with E-state index in [1.165, 1.54) is 0 Å². The number of hydrogen-bond donors (Lipinski definition) is 2. The van der Waals surface area contributed by atoms with Crippen molar-refractivity contribution in [3.8, 4) is 0 Å². The van der Waals surface area contributed by atoms with Gasteiger partial charge in [0.05, 0.1) is 18.3 Å². The SMILES string of the molecule is CC1CC(O)C(CPO)O1. The first-order chi connectivity index (χ1) is 4.74. The van der Waals surface area contributed by atoms with E-state index in [0.717, 1.165) is 0 Å². The fraction of sp³-hybridized carbons (Fsp3) is 1.00. The molecule has 0 aliphatic carbocycles. The van der Waals surface area contributed by atoms with E-state index in [1.807, 2.05) is 6.92 Å². The van der Waals surface area contributed by atoms with Gasteiger partial charge in [-0.15, -0.1) is 0 Å². The van der Waals surface area contributed by atoms with E-state index in [2.05, 4.69) is 0 Å². The van der Waals surface area contributed by atoms with E-state index in [0.29, 0.717) is 12.6 Å². The minimum atomic E-state index is -0.366. The third-order valence-corrected chi connectivity index (χ3v) is 2.29. The highest BCUT2D eigenvalue weighted by Gasteiger charge is 2.30. The Morgan fingerprint density at radius 1 is 1.70 bits per heavy atom. The van der Waals surface area contributed by atoms with E-state index < -0.39 is 0 Å². The maximum atomic E-state index is 9.26. The summed E-state index contributed by atoms with van der Waals surface area (Å²) < 4.78 is 5.31. The molecular formula is C6H13O3P. The molecule has 1 fully saturated rings. The van der Waals surface area contributed by atoms with Crippen LogP contribution in [-0.2, 0) is 4.74 Å². The highest BCUT2D eigenvalue weighted by molar-refractivity contribution is 7.31. The lowest BCUT2D eigenvalue weighted by Crippen LogP contribution is -2.22. The first kappa shape index (κ1) is 8.41. The molecule has 1 aliphatic heterocycles. The quantitative estimate of drug-likeness (QED) is 0.569. The van der Waals surface area contributed by atoms with Crippen LogP contribution in [0.1, 0.15) is 13.3 Å². The van der Waals surface area contributed by atoms with E-state index in [1.54, 1.807) is 0 Å². The van der Waals surface area contributed by atoms with E-state index in [-0.39, 0.29) is 27.1 Å². The van der Waals surface area contributed by atoms with Crippen LogP contribution in [0.15, 0.2) is 0 Å². The third-order valence-electron chi connectivity index (χ3n) is 1.70. The Balaban J connectivity index is 2.31. The first-order valence-corrected chi connectivity index (χ1v) is 4.60. The molecule has 1 saturated heterocycles. The molecule has 0 aromatic carbocycles. The number of hydrogen-bond acceptors (Lipinski definition) is 3. The van der Waals surface area contributed by atoms with Crippen LogP contribution in [0.2, 0.25) is 0 Å². The van der Waals surface area contributed by atoms with Crippen molar-refractivity contribution in [1.82, 2.24) is 0 Å². The molecular weight excluding hydrogens is 151 g/mol. The minimum absolute atomic E-state index is 0.118. The maximum absolute atomic E-state index is 9.26. The molecule has 0 spiro atoms. The van der Waals surface area contributed by atoms with Crippen LogP contribution >= 0.6 is 8.81 Å². The largest absolute Gasteiger partial charge is 0.390 e. The number of rotatable bonds is 2. The summed E-state index contributed by atoms with van der Waals surface area (Å²) in [6.45, 7) is 1.93. The Morgan fingerprint density at radius 2 is 2.40 bits per heavy atom. The van der Waals surface area contributed by atoms with Crippen molar-refractivity contribution in [2.75, 3.05) is 6.16 Å². The monoisotopic (exact) mass is 164 g/mol. The van der Waals surface area contributed by atoms with E-state index in [9.17, 15) is 5.11 Å². The summed E-state index contributed by atoms with van der Waals surface area (Å²) in [4.78, 5) is 8.57. The summed E-state index contributed by atoms with van der Waals surface area (Å²) in [5.74, 6) is 0. The normalized spacial score (nSPS) is 41.7. The number of aliphatic hydroxyl groups excluding tert-OH is 1. The van der Waals surface area contributed by atoms with E-state index in [4.69, 9.17) is 9.63 Å². The molecule has 0 bridgehead atoms. The van der Waals surface area contributed by atoms with Gasteiger partial charge < -0.3 is 14.7 Å². The van der Waals surface area contributed by atoms with Gasteiger partial charge in [-0.25, -0.2) is 0 Å². The van der Waals surface area contributed by atoms with Gasteiger partial charge in [-0.2, -0.15) is 0 Å². The molecule has 60 valence electrons. The van der Waals surface area contributed by atoms with Crippen LogP contribution in [0.3, 0.4) is 0 Å². The van der Waals surface area contributed by atoms with Crippen LogP contribution < -0.4 is 0 Å². The summed E-state index contributed by atoms with van der Waals surface area (Å²) in [6.07, 6.45) is 0.935. The Bertz CT molecular complexity index is 109. The van der Waals surface area contributed by atoms with Crippen LogP contribution in [0.5, 0.6) is 0 Å². The molecule has 0 amide bonds. The van der Waals surface area contributed by atoms with Gasteiger partial charge in [-0.3, -0.25) is 0 Å². The van der Waals surface area contributed by atoms with Crippen LogP contribution in [0.4, 0.5) is 0 Å². The zero-order valence-electron chi connectivity index (χ0n) is 5.95. The Kier molecular flexibility index (Phi) is 3.05. The second-order valence-corrected chi connectivity index (χ2v) is 3.37. The van der Waals surface area contributed by atoms with Crippen molar-refractivity contribution in [2.24, 2.45) is 0 Å². The molecule has 1 rings (SSSR count). The molecule has 10 heavy (non-hydrogen) atoms. The Hall–Kier alpha value is 0.310. The molecule has 4 atom stereocenters. The summed E-state index contributed by atoms with van der Waals surface area (Å²) in [5, 5.41) is 9.26. The molecule has 0 aromatic heterocycles. The highest BCUT2D eigenvalue weighted by Crippen LogP contribution is 2.23. The Labute approximate surface area is 62.3 Å². The lowest BCUT2D eigenvalue weighted by Gasteiger charge is -2.11. The van der Waals surface area contributed by atoms with Gasteiger partial charge in [0, 0.05) is 21.4 Å². The average Bonchev–Trinajstić information content (AvgIpc) is 2.13. The molecule has 3 nitrogen and oxygen atoms in total. The molecule has 4 heteroatoms. The topological polar surface area (TPSA) is 49.7 Å². The van der Waals surface area contributed by atoms with Crippen molar-refractivity contribution < 1.29 is 14.7 Å². The lowest BCUT2D eigenvalue weighted by atomic mass is 10.2. The highest BCUT2D eigenvalue weighted by atomic mass is 31.1. The zero-order valence-corrected chi connectivity index (χ0v) is 6.95. The second kappa shape index (κ2) is 3.63. The number of ether oxygens (including phenoxy) is 1. The fourth-order valence-corrected chi connectivity index (χ4v) is 1.76. The van der Waals surface area contributed by atoms with Gasteiger partial charge in [0.25, 0.3) is 0 Å². The molecule has 0 saturated carbocycles. The Morgan fingerprint density at radius 3 is 2.80 bits per heavy atom. The van der Waals surface area contributed by atoms with Crippen LogP contribution in [0, 0.1) is 0 Å². The number of aliphatic hydroxyl groups is 1. The predicted octanol–water partition coefficient (Wildman–Crippen LogP) is 0.110. The van der Waals surface area contributed by atoms with Gasteiger partial charge >= 0.3 is 0 Å². The van der Waals surface area contributed by atoms with Crippen molar-refractivity contribution in [3.63, 3.8) is 0 Å². The molecule has 2 N–H and O–H groups in total. The van der Waals surface area contributed by atoms with Gasteiger partial charge in [0.1, 0.15) is 0 Å². The van der Waals surface area contributed by atoms with Gasteiger partial charge in [-0.05, 0) is 6.92 Å². The minimum Gasteiger partial charge on any atom is -0.390 e. The molecule has 0 aromatic rings. The fourth-order valence-electron chi connectivity index (χ4n) is 1.21. The van der Waals surface area contributed by atoms with Crippen LogP contribution in [-0.4, -0.2) is 34.5 Å². The van der Waals surface area contributed by atoms with Crippen molar-refractivity contribution in [3.05, 3.63) is 0 Å². The van der Waals surface area contributed by atoms with E-state index >= 15 is 0 Å². The second-order valence-electron chi connectivity index (χ2n) is 2.65. The third kappa shape index (κ3) is 1.89. The summed E-state index contributed by atoms with van der Waals surface area (Å²) in [5.41, 5.74) is 0. The van der Waals surface area contributed by atoms with Gasteiger partial charge in [-0.1, -0.05) is 0 Å². The van der Waals surface area contributed by atoms with Gasteiger partial charge in [0.15, 0.2) is 0 Å². The standard InChI is InChI=1S/C6H13O3P/c1-4-2-5(7)6(9-4)3-10-8/h4-8,10H,2-3H2,1H3. The maximum Gasteiger partial charge on any atom is 0.0896 e. The van der Waals surface area contributed by atoms with Crippen molar-refractivity contribution in [2.45, 2.75) is 31.7 Å². The molecule has 1 aliphatic rings. The smallest absolute Gasteiger partial charge is 0.0896 e. The van der Waals surface area contributed by atoms with Crippen molar-refractivity contribution >= 4 is 8.81 Å².